The molecule has 0 aliphatic heterocycles. The van der Waals surface area contributed by atoms with Crippen molar-refractivity contribution in [2.24, 2.45) is 0 Å². The minimum Gasteiger partial charge on any atom is -0.358 e. The Labute approximate surface area is 264 Å². The normalized spacial score (nSPS) is 10.6. The third-order valence-electron chi connectivity index (χ3n) is 7.27. The maximum absolute atomic E-state index is 2.40. The summed E-state index contributed by atoms with van der Waals surface area (Å²) in [5.74, 6) is 2.42. The van der Waals surface area contributed by atoms with E-state index in [9.17, 15) is 0 Å². The molecule has 0 aliphatic rings. The van der Waals surface area contributed by atoms with Gasteiger partial charge in [0.15, 0.2) is 0 Å². The first kappa shape index (κ1) is 40.6. The first-order valence-corrected chi connectivity index (χ1v) is 16.5. The van der Waals surface area contributed by atoms with Crippen molar-refractivity contribution in [1.82, 2.24) is 0 Å². The molecule has 4 aromatic carbocycles. The Hall–Kier alpha value is -1.54. The molecule has 0 saturated carbocycles. The predicted molar refractivity (Wildman–Crippen MR) is 185 cm³/mol. The molecular weight excluding hydrogens is 535 g/mol. The molecule has 0 unspecified atom stereocenters. The van der Waals surface area contributed by atoms with Crippen LogP contribution in [0, 0.1) is 14.9 Å². The fourth-order valence-corrected chi connectivity index (χ4v) is 4.90. The van der Waals surface area contributed by atoms with Crippen LogP contribution >= 0.6 is 0 Å². The third-order valence-corrected chi connectivity index (χ3v) is 7.27. The Morgan fingerprint density at radius 1 is 0.550 bits per heavy atom. The maximum Gasteiger partial charge on any atom is 4.00 e. The molecule has 2 heteroatoms. The van der Waals surface area contributed by atoms with Gasteiger partial charge in [0, 0.05) is 9.52 Å². The Balaban J connectivity index is 0. The van der Waals surface area contributed by atoms with Gasteiger partial charge in [-0.3, -0.25) is 0 Å². The molecule has 4 aromatic rings. The molecule has 0 bridgehead atoms. The van der Waals surface area contributed by atoms with Crippen LogP contribution in [0.4, 0.5) is 0 Å². The van der Waals surface area contributed by atoms with Crippen molar-refractivity contribution < 1.29 is 18.6 Å². The van der Waals surface area contributed by atoms with Gasteiger partial charge in [0.25, 0.3) is 0 Å². The van der Waals surface area contributed by atoms with Gasteiger partial charge in [0.1, 0.15) is 0 Å². The summed E-state index contributed by atoms with van der Waals surface area (Å²) >= 11 is 0. The van der Waals surface area contributed by atoms with Crippen molar-refractivity contribution in [3.05, 3.63) is 96.8 Å². The Bertz CT molecular complexity index is 1150. The van der Waals surface area contributed by atoms with E-state index >= 15 is 0 Å². The molecule has 0 amide bonds. The summed E-state index contributed by atoms with van der Waals surface area (Å²) < 4.78 is 0. The average Bonchev–Trinajstić information content (AvgIpc) is 3.46. The molecule has 0 fully saturated rings. The smallest absolute Gasteiger partial charge is 0.358 e. The molecule has 0 N–H and O–H groups in total. The van der Waals surface area contributed by atoms with Crippen LogP contribution in [-0.4, -0.2) is 9.52 Å². The van der Waals surface area contributed by atoms with Crippen LogP contribution in [0.15, 0.2) is 48.5 Å². The number of rotatable bonds is 6. The standard InChI is InChI=1S/2C17H23.C2H6Si.2CH3.V/c2*1-6-13-7-15-9-14(11(2)3)10-16(12(4)5)17(15)8-13;1-3-2;;;/h2*7-12H,6H2,1-5H3;1-2H3;2*1H3;/q2*-1;;2*-1;+4. The van der Waals surface area contributed by atoms with Gasteiger partial charge >= 0.3 is 18.6 Å². The molecule has 3 radical (unpaired) electrons. The van der Waals surface area contributed by atoms with Crippen LogP contribution in [0.3, 0.4) is 0 Å². The van der Waals surface area contributed by atoms with E-state index in [4.69, 9.17) is 0 Å². The van der Waals surface area contributed by atoms with E-state index in [0.29, 0.717) is 23.7 Å². The van der Waals surface area contributed by atoms with E-state index in [2.05, 4.69) is 131 Å². The van der Waals surface area contributed by atoms with Crippen LogP contribution in [0.5, 0.6) is 0 Å². The fourth-order valence-electron chi connectivity index (χ4n) is 4.90. The van der Waals surface area contributed by atoms with Crippen molar-refractivity contribution >= 4 is 31.1 Å². The van der Waals surface area contributed by atoms with E-state index in [0.717, 1.165) is 22.4 Å². The molecule has 0 heterocycles. The molecule has 0 aromatic heterocycles. The molecule has 219 valence electrons. The van der Waals surface area contributed by atoms with E-state index in [1.807, 2.05) is 0 Å². The van der Waals surface area contributed by atoms with Gasteiger partial charge in [-0.05, 0) is 36.5 Å². The summed E-state index contributed by atoms with van der Waals surface area (Å²) in [6.07, 6.45) is 2.26. The number of hydrogen-bond donors (Lipinski definition) is 0. The second kappa shape index (κ2) is 18.8. The summed E-state index contributed by atoms with van der Waals surface area (Å²) in [6.45, 7) is 27.0. The Kier molecular flexibility index (Phi) is 19.1. The summed E-state index contributed by atoms with van der Waals surface area (Å²) in [5, 5.41) is 5.77. The second-order valence-electron chi connectivity index (χ2n) is 11.8. The Morgan fingerprint density at radius 2 is 0.850 bits per heavy atom. The van der Waals surface area contributed by atoms with Crippen molar-refractivity contribution in [3.8, 4) is 0 Å². The SMILES string of the molecule is CCc1cc2c(C(C)C)cc(C(C)C)cc2[cH-]1.CCc1cc2c(C(C)C)cc(C(C)C)cc2[cH-]1.C[Si]C.[CH3-].[CH3-].[V+4]. The van der Waals surface area contributed by atoms with Gasteiger partial charge in [-0.25, -0.2) is 0 Å². The molecule has 0 spiro atoms. The average molecular weight is 594 g/mol. The minimum absolute atomic E-state index is 0. The van der Waals surface area contributed by atoms with Crippen LogP contribution in [0.2, 0.25) is 13.1 Å². The summed E-state index contributed by atoms with van der Waals surface area (Å²) in [7, 11) is 1.08. The second-order valence-corrected chi connectivity index (χ2v) is 12.8. The number of aryl methyl sites for hydroxylation is 2. The van der Waals surface area contributed by atoms with E-state index in [1.165, 1.54) is 54.9 Å². The van der Waals surface area contributed by atoms with Crippen molar-refractivity contribution in [1.29, 1.82) is 0 Å². The summed E-state index contributed by atoms with van der Waals surface area (Å²) in [6, 6.07) is 19.0. The predicted octanol–water partition coefficient (Wildman–Crippen LogP) is 12.4. The van der Waals surface area contributed by atoms with Gasteiger partial charge in [-0.15, -0.1) is 56.9 Å². The monoisotopic (exact) mass is 593 g/mol. The van der Waals surface area contributed by atoms with Gasteiger partial charge < -0.3 is 14.9 Å². The van der Waals surface area contributed by atoms with Crippen LogP contribution in [-0.2, 0) is 31.4 Å². The molecule has 40 heavy (non-hydrogen) atoms. The number of hydrogen-bond acceptors (Lipinski definition) is 0. The van der Waals surface area contributed by atoms with Gasteiger partial charge in [0.05, 0.1) is 0 Å². The molecule has 0 aliphatic carbocycles. The zero-order valence-electron chi connectivity index (χ0n) is 28.3. The van der Waals surface area contributed by atoms with Crippen LogP contribution < -0.4 is 0 Å². The molecule has 0 saturated heterocycles. The van der Waals surface area contributed by atoms with E-state index in [-0.39, 0.29) is 33.4 Å². The van der Waals surface area contributed by atoms with Crippen molar-refractivity contribution in [2.45, 2.75) is 119 Å². The quantitative estimate of drug-likeness (QED) is 0.154. The van der Waals surface area contributed by atoms with Gasteiger partial charge in [-0.1, -0.05) is 117 Å². The van der Waals surface area contributed by atoms with Gasteiger partial charge in [0.2, 0.25) is 0 Å². The summed E-state index contributed by atoms with van der Waals surface area (Å²) in [5.41, 5.74) is 8.87. The molecule has 0 nitrogen and oxygen atoms in total. The van der Waals surface area contributed by atoms with E-state index in [1.54, 1.807) is 0 Å². The summed E-state index contributed by atoms with van der Waals surface area (Å²) in [4.78, 5) is 0. The first-order chi connectivity index (χ1) is 17.5. The van der Waals surface area contributed by atoms with E-state index < -0.39 is 0 Å². The van der Waals surface area contributed by atoms with Gasteiger partial charge in [-0.2, -0.15) is 12.1 Å². The van der Waals surface area contributed by atoms with Crippen molar-refractivity contribution in [2.75, 3.05) is 0 Å². The zero-order valence-corrected chi connectivity index (χ0v) is 30.7. The molecular formula is C38H58SiV. The topological polar surface area (TPSA) is 0 Å². The largest absolute Gasteiger partial charge is 4.00 e. The maximum atomic E-state index is 2.40. The van der Waals surface area contributed by atoms with Crippen LogP contribution in [0.1, 0.15) is 126 Å². The van der Waals surface area contributed by atoms with Crippen molar-refractivity contribution in [3.63, 3.8) is 0 Å². The fraction of sp³-hybridized carbons (Fsp3) is 0.474. The Morgan fingerprint density at radius 3 is 1.07 bits per heavy atom. The first-order valence-electron chi connectivity index (χ1n) is 14.5. The molecule has 0 atom stereocenters. The third kappa shape index (κ3) is 10.4. The molecule has 4 rings (SSSR count). The zero-order chi connectivity index (χ0) is 27.9. The van der Waals surface area contributed by atoms with Crippen LogP contribution in [0.25, 0.3) is 21.5 Å². The minimum atomic E-state index is 0. The number of fused-ring (bicyclic) bond motifs is 2. The number of benzene rings is 2.